The van der Waals surface area contributed by atoms with E-state index < -0.39 is 0 Å². The summed E-state index contributed by atoms with van der Waals surface area (Å²) in [5.41, 5.74) is 6.76. The summed E-state index contributed by atoms with van der Waals surface area (Å²) >= 11 is 0. The fraction of sp³-hybridized carbons (Fsp3) is 0.125. The maximum Gasteiger partial charge on any atom is 0.103 e. The van der Waals surface area contributed by atoms with Gasteiger partial charge in [0.2, 0.25) is 0 Å². The van der Waals surface area contributed by atoms with Gasteiger partial charge in [0, 0.05) is 12.7 Å². The summed E-state index contributed by atoms with van der Waals surface area (Å²) in [5.74, 6) is 0.749. The molecule has 0 saturated heterocycles. The summed E-state index contributed by atoms with van der Waals surface area (Å²) in [6, 6.07) is 0. The Kier molecular flexibility index (Phi) is 1.59. The van der Waals surface area contributed by atoms with Crippen LogP contribution in [0, 0.1) is 0 Å². The average molecular weight is 162 g/mol. The third kappa shape index (κ3) is 1.07. The fourth-order valence-electron chi connectivity index (χ4n) is 1.17. The van der Waals surface area contributed by atoms with Crippen LogP contribution in [0.4, 0.5) is 5.69 Å². The second kappa shape index (κ2) is 2.73. The van der Waals surface area contributed by atoms with Gasteiger partial charge in [-0.1, -0.05) is 12.2 Å². The van der Waals surface area contributed by atoms with Crippen molar-refractivity contribution >= 4 is 5.69 Å². The number of nitrogens with zero attached hydrogens (tertiary/aromatic N) is 2. The SMILES string of the molecule is NC1=CC=CCN1c1cn[nH]c1. The van der Waals surface area contributed by atoms with Gasteiger partial charge < -0.3 is 10.6 Å². The van der Waals surface area contributed by atoms with Crippen LogP contribution < -0.4 is 10.6 Å². The molecule has 1 aliphatic heterocycles. The van der Waals surface area contributed by atoms with Crippen molar-refractivity contribution in [1.82, 2.24) is 10.2 Å². The van der Waals surface area contributed by atoms with Gasteiger partial charge in [-0.3, -0.25) is 5.10 Å². The van der Waals surface area contributed by atoms with Gasteiger partial charge >= 0.3 is 0 Å². The summed E-state index contributed by atoms with van der Waals surface area (Å²) < 4.78 is 0. The largest absolute Gasteiger partial charge is 0.385 e. The van der Waals surface area contributed by atoms with Crippen molar-refractivity contribution in [1.29, 1.82) is 0 Å². The van der Waals surface area contributed by atoms with E-state index in [4.69, 9.17) is 5.73 Å². The molecule has 12 heavy (non-hydrogen) atoms. The van der Waals surface area contributed by atoms with E-state index in [1.807, 2.05) is 29.3 Å². The standard InChI is InChI=1S/C8H10N4/c9-8-3-1-2-4-12(8)7-5-10-11-6-7/h1-3,5-6H,4,9H2,(H,10,11). The summed E-state index contributed by atoms with van der Waals surface area (Å²) in [5, 5.41) is 6.61. The molecular weight excluding hydrogens is 152 g/mol. The molecule has 2 rings (SSSR count). The highest BCUT2D eigenvalue weighted by Crippen LogP contribution is 2.16. The summed E-state index contributed by atoms with van der Waals surface area (Å²) in [7, 11) is 0. The van der Waals surface area contributed by atoms with Gasteiger partial charge in [-0.05, 0) is 6.08 Å². The van der Waals surface area contributed by atoms with E-state index in [0.29, 0.717) is 0 Å². The van der Waals surface area contributed by atoms with Gasteiger partial charge in [0.05, 0.1) is 11.9 Å². The number of H-pyrrole nitrogens is 1. The fourth-order valence-corrected chi connectivity index (χ4v) is 1.17. The predicted octanol–water partition coefficient (Wildman–Crippen LogP) is 0.586. The van der Waals surface area contributed by atoms with Gasteiger partial charge in [-0.25, -0.2) is 0 Å². The molecule has 4 heteroatoms. The zero-order chi connectivity index (χ0) is 8.39. The first kappa shape index (κ1) is 6.97. The molecule has 4 nitrogen and oxygen atoms in total. The lowest BCUT2D eigenvalue weighted by molar-refractivity contribution is 0.974. The van der Waals surface area contributed by atoms with Crippen LogP contribution in [-0.4, -0.2) is 16.7 Å². The lowest BCUT2D eigenvalue weighted by Gasteiger charge is -2.23. The molecule has 0 fully saturated rings. The number of allylic oxidation sites excluding steroid dienone is 2. The summed E-state index contributed by atoms with van der Waals surface area (Å²) in [6.45, 7) is 0.807. The summed E-state index contributed by atoms with van der Waals surface area (Å²) in [4.78, 5) is 1.98. The maximum absolute atomic E-state index is 5.76. The van der Waals surface area contributed by atoms with Gasteiger partial charge in [0.15, 0.2) is 0 Å². The van der Waals surface area contributed by atoms with Gasteiger partial charge in [0.25, 0.3) is 0 Å². The number of anilines is 1. The lowest BCUT2D eigenvalue weighted by Crippen LogP contribution is -2.28. The summed E-state index contributed by atoms with van der Waals surface area (Å²) in [6.07, 6.45) is 9.44. The zero-order valence-corrected chi connectivity index (χ0v) is 6.57. The van der Waals surface area contributed by atoms with E-state index >= 15 is 0 Å². The minimum atomic E-state index is 0.749. The first-order chi connectivity index (χ1) is 5.88. The van der Waals surface area contributed by atoms with Crippen molar-refractivity contribution in [2.45, 2.75) is 0 Å². The van der Waals surface area contributed by atoms with Crippen molar-refractivity contribution in [3.8, 4) is 0 Å². The number of hydrogen-bond acceptors (Lipinski definition) is 3. The topological polar surface area (TPSA) is 57.9 Å². The second-order valence-electron chi connectivity index (χ2n) is 2.59. The normalized spacial score (nSPS) is 16.3. The number of aromatic amines is 1. The Bertz CT molecular complexity index is 310. The first-order valence-corrected chi connectivity index (χ1v) is 3.76. The Morgan fingerprint density at radius 3 is 3.17 bits per heavy atom. The van der Waals surface area contributed by atoms with Crippen molar-refractivity contribution in [3.63, 3.8) is 0 Å². The molecule has 2 heterocycles. The number of aromatic nitrogens is 2. The van der Waals surface area contributed by atoms with Crippen LogP contribution in [0.25, 0.3) is 0 Å². The molecule has 0 amide bonds. The smallest absolute Gasteiger partial charge is 0.103 e. The number of hydrogen-bond donors (Lipinski definition) is 2. The van der Waals surface area contributed by atoms with Crippen LogP contribution in [-0.2, 0) is 0 Å². The Hall–Kier alpha value is -1.71. The molecular formula is C8H10N4. The predicted molar refractivity (Wildman–Crippen MR) is 47.3 cm³/mol. The Morgan fingerprint density at radius 2 is 2.50 bits per heavy atom. The molecule has 0 aromatic carbocycles. The highest BCUT2D eigenvalue weighted by Gasteiger charge is 2.09. The first-order valence-electron chi connectivity index (χ1n) is 3.76. The molecule has 0 spiro atoms. The molecule has 1 aliphatic rings. The molecule has 0 bridgehead atoms. The lowest BCUT2D eigenvalue weighted by atomic mass is 10.3. The van der Waals surface area contributed by atoms with Crippen molar-refractivity contribution in [2.75, 3.05) is 11.4 Å². The van der Waals surface area contributed by atoms with Gasteiger partial charge in [-0.15, -0.1) is 0 Å². The van der Waals surface area contributed by atoms with E-state index in [1.54, 1.807) is 6.20 Å². The minimum absolute atomic E-state index is 0.749. The monoisotopic (exact) mass is 162 g/mol. The maximum atomic E-state index is 5.76. The Labute approximate surface area is 70.4 Å². The van der Waals surface area contributed by atoms with E-state index in [1.165, 1.54) is 0 Å². The number of nitrogens with one attached hydrogen (secondary N) is 1. The Morgan fingerprint density at radius 1 is 1.58 bits per heavy atom. The second-order valence-corrected chi connectivity index (χ2v) is 2.59. The van der Waals surface area contributed by atoms with Gasteiger partial charge in [0.1, 0.15) is 5.82 Å². The number of rotatable bonds is 1. The van der Waals surface area contributed by atoms with Crippen LogP contribution in [0.2, 0.25) is 0 Å². The number of nitrogens with two attached hydrogens (primary N) is 1. The molecule has 1 aromatic rings. The third-order valence-corrected chi connectivity index (χ3v) is 1.80. The van der Waals surface area contributed by atoms with E-state index in [2.05, 4.69) is 10.2 Å². The molecule has 62 valence electrons. The van der Waals surface area contributed by atoms with E-state index in [-0.39, 0.29) is 0 Å². The van der Waals surface area contributed by atoms with E-state index in [0.717, 1.165) is 18.1 Å². The van der Waals surface area contributed by atoms with Gasteiger partial charge in [-0.2, -0.15) is 5.10 Å². The van der Waals surface area contributed by atoms with Crippen molar-refractivity contribution in [2.24, 2.45) is 5.73 Å². The van der Waals surface area contributed by atoms with Crippen LogP contribution >= 0.6 is 0 Å². The molecule has 0 atom stereocenters. The zero-order valence-electron chi connectivity index (χ0n) is 6.57. The molecule has 0 saturated carbocycles. The Balaban J connectivity index is 2.26. The average Bonchev–Trinajstić information content (AvgIpc) is 2.57. The molecule has 0 aliphatic carbocycles. The van der Waals surface area contributed by atoms with Crippen molar-refractivity contribution < 1.29 is 0 Å². The quantitative estimate of drug-likeness (QED) is 0.635. The highest BCUT2D eigenvalue weighted by molar-refractivity contribution is 5.51. The molecule has 3 N–H and O–H groups in total. The van der Waals surface area contributed by atoms with E-state index in [9.17, 15) is 0 Å². The highest BCUT2D eigenvalue weighted by atomic mass is 15.2. The van der Waals surface area contributed by atoms with Crippen LogP contribution in [0.15, 0.2) is 36.4 Å². The van der Waals surface area contributed by atoms with Crippen LogP contribution in [0.5, 0.6) is 0 Å². The molecule has 0 radical (unpaired) electrons. The minimum Gasteiger partial charge on any atom is -0.385 e. The third-order valence-electron chi connectivity index (χ3n) is 1.80. The molecule has 1 aromatic heterocycles. The van der Waals surface area contributed by atoms with Crippen LogP contribution in [0.1, 0.15) is 0 Å². The molecule has 0 unspecified atom stereocenters. The van der Waals surface area contributed by atoms with Crippen LogP contribution in [0.3, 0.4) is 0 Å². The van der Waals surface area contributed by atoms with Crippen molar-refractivity contribution in [3.05, 3.63) is 36.4 Å².